The third-order valence-electron chi connectivity index (χ3n) is 4.75. The Bertz CT molecular complexity index is 889. The summed E-state index contributed by atoms with van der Waals surface area (Å²) in [5.41, 5.74) is 5.58. The highest BCUT2D eigenvalue weighted by molar-refractivity contribution is 6.33. The van der Waals surface area contributed by atoms with E-state index in [1.54, 1.807) is 6.21 Å². The molecule has 0 aliphatic carbocycles. The van der Waals surface area contributed by atoms with Crippen LogP contribution in [-0.2, 0) is 0 Å². The Morgan fingerprint density at radius 3 is 2.66 bits per heavy atom. The smallest absolute Gasteiger partial charge is 0.222 e. The summed E-state index contributed by atoms with van der Waals surface area (Å²) < 4.78 is 5.82. The van der Waals surface area contributed by atoms with Gasteiger partial charge in [0.25, 0.3) is 0 Å². The minimum Gasteiger partial charge on any atom is -0.494 e. The van der Waals surface area contributed by atoms with Gasteiger partial charge in [-0.3, -0.25) is 0 Å². The lowest BCUT2D eigenvalue weighted by atomic mass is 10.1. The van der Waals surface area contributed by atoms with Crippen LogP contribution < -0.4 is 10.2 Å². The molecule has 3 aromatic rings. The first kappa shape index (κ1) is 21.2. The van der Waals surface area contributed by atoms with Crippen molar-refractivity contribution < 1.29 is 4.74 Å². The Morgan fingerprint density at radius 1 is 1.07 bits per heavy atom. The maximum absolute atomic E-state index is 6.36. The van der Waals surface area contributed by atoms with Crippen molar-refractivity contribution in [2.75, 3.05) is 12.0 Å². The number of para-hydroxylation sites is 2. The van der Waals surface area contributed by atoms with Crippen LogP contribution in [0.1, 0.15) is 57.4 Å². The van der Waals surface area contributed by atoms with E-state index in [1.807, 2.05) is 42.5 Å². The molecule has 0 unspecified atom stereocenters. The van der Waals surface area contributed by atoms with Gasteiger partial charge in [0.2, 0.25) is 5.95 Å². The van der Waals surface area contributed by atoms with E-state index >= 15 is 0 Å². The van der Waals surface area contributed by atoms with Crippen molar-refractivity contribution in [1.29, 1.82) is 0 Å². The highest BCUT2D eigenvalue weighted by Crippen LogP contribution is 2.22. The van der Waals surface area contributed by atoms with Gasteiger partial charge in [-0.1, -0.05) is 69.2 Å². The second kappa shape index (κ2) is 11.5. The standard InChI is InChI=1S/C23H29ClN4O/c1-2-3-4-5-6-7-10-15-29-19-14-13-18(20(24)16-19)17-25-28-23-26-21-11-8-9-12-22(21)27-23/h8-9,11-14,16-17H,2-7,10,15H2,1H3,(H2,26,27,28)/b25-17-. The number of fused-ring (bicyclic) bond motifs is 1. The van der Waals surface area contributed by atoms with Crippen LogP contribution >= 0.6 is 11.6 Å². The van der Waals surface area contributed by atoms with E-state index in [0.29, 0.717) is 11.0 Å². The molecule has 29 heavy (non-hydrogen) atoms. The molecule has 0 amide bonds. The largest absolute Gasteiger partial charge is 0.494 e. The van der Waals surface area contributed by atoms with Gasteiger partial charge in [-0.05, 0) is 36.8 Å². The van der Waals surface area contributed by atoms with Crippen molar-refractivity contribution in [3.05, 3.63) is 53.1 Å². The number of aromatic nitrogens is 2. The van der Waals surface area contributed by atoms with E-state index in [9.17, 15) is 0 Å². The Hall–Kier alpha value is -2.53. The Kier molecular flexibility index (Phi) is 8.38. The van der Waals surface area contributed by atoms with E-state index in [2.05, 4.69) is 27.4 Å². The zero-order valence-corrected chi connectivity index (χ0v) is 17.7. The van der Waals surface area contributed by atoms with E-state index in [1.165, 1.54) is 38.5 Å². The fraction of sp³-hybridized carbons (Fsp3) is 0.391. The Labute approximate surface area is 177 Å². The number of imidazole rings is 1. The van der Waals surface area contributed by atoms with Gasteiger partial charge in [-0.15, -0.1) is 0 Å². The van der Waals surface area contributed by atoms with Gasteiger partial charge in [0.15, 0.2) is 0 Å². The summed E-state index contributed by atoms with van der Waals surface area (Å²) >= 11 is 6.36. The van der Waals surface area contributed by atoms with E-state index in [0.717, 1.165) is 35.4 Å². The van der Waals surface area contributed by atoms with Crippen LogP contribution in [0.2, 0.25) is 5.02 Å². The van der Waals surface area contributed by atoms with Crippen LogP contribution in [0, 0.1) is 0 Å². The highest BCUT2D eigenvalue weighted by atomic mass is 35.5. The molecule has 2 aromatic carbocycles. The van der Waals surface area contributed by atoms with Crippen molar-refractivity contribution in [2.45, 2.75) is 51.9 Å². The SMILES string of the molecule is CCCCCCCCCOc1ccc(/C=N\Nc2nc3ccccc3[nH]2)c(Cl)c1. The minimum absolute atomic E-state index is 0.591. The average molecular weight is 413 g/mol. The van der Waals surface area contributed by atoms with Gasteiger partial charge in [0, 0.05) is 5.56 Å². The molecule has 0 saturated heterocycles. The van der Waals surface area contributed by atoms with Crippen LogP contribution in [-0.4, -0.2) is 22.8 Å². The quantitative estimate of drug-likeness (QED) is 0.195. The number of ether oxygens (including phenoxy) is 1. The van der Waals surface area contributed by atoms with E-state index < -0.39 is 0 Å². The number of halogens is 1. The lowest BCUT2D eigenvalue weighted by molar-refractivity contribution is 0.304. The number of nitrogens with zero attached hydrogens (tertiary/aromatic N) is 2. The summed E-state index contributed by atoms with van der Waals surface area (Å²) in [5, 5.41) is 4.83. The number of benzene rings is 2. The number of hydrogen-bond acceptors (Lipinski definition) is 4. The molecule has 0 spiro atoms. The number of unbranched alkanes of at least 4 members (excludes halogenated alkanes) is 6. The number of H-pyrrole nitrogens is 1. The number of rotatable bonds is 12. The summed E-state index contributed by atoms with van der Waals surface area (Å²) in [7, 11) is 0. The van der Waals surface area contributed by atoms with Crippen molar-refractivity contribution in [2.24, 2.45) is 5.10 Å². The van der Waals surface area contributed by atoms with Crippen molar-refractivity contribution in [3.63, 3.8) is 0 Å². The first-order valence-electron chi connectivity index (χ1n) is 10.4. The molecular formula is C23H29ClN4O. The van der Waals surface area contributed by atoms with Crippen LogP contribution in [0.4, 0.5) is 5.95 Å². The molecule has 0 aliphatic heterocycles. The summed E-state index contributed by atoms with van der Waals surface area (Å²) in [4.78, 5) is 7.58. The maximum Gasteiger partial charge on any atom is 0.222 e. The predicted molar refractivity (Wildman–Crippen MR) is 122 cm³/mol. The van der Waals surface area contributed by atoms with Crippen LogP contribution in [0.5, 0.6) is 5.75 Å². The number of aromatic amines is 1. The molecule has 0 fully saturated rings. The monoisotopic (exact) mass is 412 g/mol. The molecule has 0 saturated carbocycles. The fourth-order valence-electron chi connectivity index (χ4n) is 3.12. The number of hydrogen-bond donors (Lipinski definition) is 2. The fourth-order valence-corrected chi connectivity index (χ4v) is 3.34. The molecule has 0 radical (unpaired) electrons. The number of hydrazone groups is 1. The lowest BCUT2D eigenvalue weighted by Crippen LogP contribution is -1.98. The van der Waals surface area contributed by atoms with Gasteiger partial charge in [-0.25, -0.2) is 10.4 Å². The zero-order chi connectivity index (χ0) is 20.3. The van der Waals surface area contributed by atoms with Crippen LogP contribution in [0.15, 0.2) is 47.6 Å². The van der Waals surface area contributed by atoms with Gasteiger partial charge in [0.05, 0.1) is 28.9 Å². The summed E-state index contributed by atoms with van der Waals surface area (Å²) in [6.07, 6.45) is 10.6. The molecule has 1 heterocycles. The Morgan fingerprint density at radius 2 is 1.86 bits per heavy atom. The second-order valence-electron chi connectivity index (χ2n) is 7.13. The molecule has 3 rings (SSSR count). The summed E-state index contributed by atoms with van der Waals surface area (Å²) in [6, 6.07) is 13.5. The van der Waals surface area contributed by atoms with Crippen LogP contribution in [0.25, 0.3) is 11.0 Å². The number of anilines is 1. The first-order chi connectivity index (χ1) is 14.3. The Balaban J connectivity index is 1.42. The third-order valence-corrected chi connectivity index (χ3v) is 5.08. The van der Waals surface area contributed by atoms with Gasteiger partial charge in [-0.2, -0.15) is 5.10 Å². The minimum atomic E-state index is 0.591. The molecule has 0 atom stereocenters. The lowest BCUT2D eigenvalue weighted by Gasteiger charge is -2.07. The summed E-state index contributed by atoms with van der Waals surface area (Å²) in [6.45, 7) is 2.97. The van der Waals surface area contributed by atoms with Crippen molar-refractivity contribution in [3.8, 4) is 5.75 Å². The summed E-state index contributed by atoms with van der Waals surface area (Å²) in [5.74, 6) is 1.39. The van der Waals surface area contributed by atoms with E-state index in [4.69, 9.17) is 16.3 Å². The normalized spacial score (nSPS) is 11.4. The molecule has 5 nitrogen and oxygen atoms in total. The number of nitrogens with one attached hydrogen (secondary N) is 2. The van der Waals surface area contributed by atoms with E-state index in [-0.39, 0.29) is 0 Å². The van der Waals surface area contributed by atoms with Crippen molar-refractivity contribution >= 4 is 34.8 Å². The van der Waals surface area contributed by atoms with Gasteiger partial charge >= 0.3 is 0 Å². The predicted octanol–water partition coefficient (Wildman–Crippen LogP) is 6.79. The molecule has 0 aliphatic rings. The molecule has 0 bridgehead atoms. The zero-order valence-electron chi connectivity index (χ0n) is 17.0. The highest BCUT2D eigenvalue weighted by Gasteiger charge is 2.03. The van der Waals surface area contributed by atoms with Gasteiger partial charge in [0.1, 0.15) is 5.75 Å². The average Bonchev–Trinajstić information content (AvgIpc) is 3.14. The van der Waals surface area contributed by atoms with Crippen molar-refractivity contribution in [1.82, 2.24) is 9.97 Å². The molecule has 2 N–H and O–H groups in total. The van der Waals surface area contributed by atoms with Gasteiger partial charge < -0.3 is 9.72 Å². The third kappa shape index (κ3) is 6.79. The molecule has 154 valence electrons. The topological polar surface area (TPSA) is 62.3 Å². The molecular weight excluding hydrogens is 384 g/mol. The molecule has 1 aromatic heterocycles. The maximum atomic E-state index is 6.36. The van der Waals surface area contributed by atoms with Crippen LogP contribution in [0.3, 0.4) is 0 Å². The second-order valence-corrected chi connectivity index (χ2v) is 7.53. The first-order valence-corrected chi connectivity index (χ1v) is 10.8. The molecule has 6 heteroatoms.